The van der Waals surface area contributed by atoms with Gasteiger partial charge in [0.2, 0.25) is 5.89 Å². The Hall–Kier alpha value is -2.71. The standard InChI is InChI=1S/C15H20N6O3/c1-10-12(21(22)23)6-7-13(16-10)20-8-4-5-11(9-20)14-17-15(18-24-14)19(2)3/h6-7,11H,4-5,8-9H2,1-3H3. The highest BCUT2D eigenvalue weighted by Crippen LogP contribution is 2.30. The van der Waals surface area contributed by atoms with Crippen molar-refractivity contribution in [2.75, 3.05) is 37.0 Å². The largest absolute Gasteiger partial charge is 0.356 e. The van der Waals surface area contributed by atoms with Gasteiger partial charge in [-0.3, -0.25) is 10.1 Å². The van der Waals surface area contributed by atoms with Crippen LogP contribution in [0.25, 0.3) is 0 Å². The fraction of sp³-hybridized carbons (Fsp3) is 0.533. The number of hydrogen-bond acceptors (Lipinski definition) is 8. The Kier molecular flexibility index (Phi) is 4.32. The molecule has 2 aromatic heterocycles. The maximum absolute atomic E-state index is 10.9. The van der Waals surface area contributed by atoms with Crippen LogP contribution in [0.15, 0.2) is 16.7 Å². The maximum Gasteiger partial charge on any atom is 0.290 e. The van der Waals surface area contributed by atoms with Crippen molar-refractivity contribution < 1.29 is 9.45 Å². The number of aromatic nitrogens is 3. The molecule has 9 nitrogen and oxygen atoms in total. The van der Waals surface area contributed by atoms with E-state index in [9.17, 15) is 10.1 Å². The fourth-order valence-corrected chi connectivity index (χ4v) is 2.87. The Morgan fingerprint density at radius 1 is 1.38 bits per heavy atom. The number of rotatable bonds is 4. The summed E-state index contributed by atoms with van der Waals surface area (Å²) in [6.45, 7) is 3.22. The van der Waals surface area contributed by atoms with E-state index in [0.717, 1.165) is 25.2 Å². The van der Waals surface area contributed by atoms with Gasteiger partial charge in [-0.05, 0) is 31.0 Å². The molecule has 2 aromatic rings. The summed E-state index contributed by atoms with van der Waals surface area (Å²) in [5, 5.41) is 14.9. The normalized spacial score (nSPS) is 17.8. The Morgan fingerprint density at radius 3 is 2.79 bits per heavy atom. The van der Waals surface area contributed by atoms with Crippen LogP contribution < -0.4 is 9.80 Å². The molecule has 128 valence electrons. The number of anilines is 2. The molecule has 0 spiro atoms. The average molecular weight is 332 g/mol. The molecule has 0 aromatic carbocycles. The van der Waals surface area contributed by atoms with Crippen LogP contribution >= 0.6 is 0 Å². The molecule has 1 aliphatic heterocycles. The van der Waals surface area contributed by atoms with Crippen molar-refractivity contribution in [3.63, 3.8) is 0 Å². The van der Waals surface area contributed by atoms with E-state index in [-0.39, 0.29) is 11.6 Å². The van der Waals surface area contributed by atoms with E-state index >= 15 is 0 Å². The number of nitro groups is 1. The van der Waals surface area contributed by atoms with Crippen molar-refractivity contribution >= 4 is 17.5 Å². The summed E-state index contributed by atoms with van der Waals surface area (Å²) in [4.78, 5) is 23.2. The first-order chi connectivity index (χ1) is 11.5. The van der Waals surface area contributed by atoms with Gasteiger partial charge >= 0.3 is 0 Å². The molecule has 24 heavy (non-hydrogen) atoms. The molecule has 1 atom stereocenters. The third-order valence-corrected chi connectivity index (χ3v) is 4.17. The highest BCUT2D eigenvalue weighted by atomic mass is 16.6. The SMILES string of the molecule is Cc1nc(N2CCCC(c3nc(N(C)C)no3)C2)ccc1[N+](=O)[O-]. The summed E-state index contributed by atoms with van der Waals surface area (Å²) in [5.41, 5.74) is 0.465. The second kappa shape index (κ2) is 6.42. The number of pyridine rings is 1. The Bertz CT molecular complexity index is 745. The zero-order chi connectivity index (χ0) is 17.3. The van der Waals surface area contributed by atoms with Crippen LogP contribution in [0, 0.1) is 17.0 Å². The molecule has 0 radical (unpaired) electrons. The molecule has 1 fully saturated rings. The summed E-state index contributed by atoms with van der Waals surface area (Å²) in [6, 6.07) is 3.21. The molecule has 9 heteroatoms. The van der Waals surface area contributed by atoms with Gasteiger partial charge in [0.15, 0.2) is 0 Å². The van der Waals surface area contributed by atoms with Gasteiger partial charge in [0.25, 0.3) is 11.6 Å². The first-order valence-corrected chi connectivity index (χ1v) is 7.83. The first kappa shape index (κ1) is 16.2. The minimum absolute atomic E-state index is 0.0415. The molecule has 3 heterocycles. The van der Waals surface area contributed by atoms with Gasteiger partial charge in [-0.1, -0.05) is 0 Å². The molecule has 1 saturated heterocycles. The van der Waals surface area contributed by atoms with Crippen LogP contribution in [0.5, 0.6) is 0 Å². The van der Waals surface area contributed by atoms with Crippen molar-refractivity contribution in [3.8, 4) is 0 Å². The summed E-state index contributed by atoms with van der Waals surface area (Å²) >= 11 is 0. The maximum atomic E-state index is 10.9. The van der Waals surface area contributed by atoms with E-state index in [0.29, 0.717) is 24.1 Å². The number of piperidine rings is 1. The Balaban J connectivity index is 1.77. The average Bonchev–Trinajstić information content (AvgIpc) is 3.05. The smallest absolute Gasteiger partial charge is 0.290 e. The molecule has 0 amide bonds. The highest BCUT2D eigenvalue weighted by molar-refractivity contribution is 5.47. The van der Waals surface area contributed by atoms with Crippen LogP contribution in [-0.4, -0.2) is 47.2 Å². The van der Waals surface area contributed by atoms with Gasteiger partial charge in [0, 0.05) is 33.3 Å². The zero-order valence-electron chi connectivity index (χ0n) is 14.0. The van der Waals surface area contributed by atoms with Gasteiger partial charge in [0.1, 0.15) is 11.5 Å². The van der Waals surface area contributed by atoms with E-state index in [2.05, 4.69) is 20.0 Å². The van der Waals surface area contributed by atoms with E-state index in [1.54, 1.807) is 17.9 Å². The lowest BCUT2D eigenvalue weighted by Crippen LogP contribution is -2.35. The summed E-state index contributed by atoms with van der Waals surface area (Å²) in [5.74, 6) is 2.07. The van der Waals surface area contributed by atoms with Gasteiger partial charge in [-0.2, -0.15) is 4.98 Å². The molecular weight excluding hydrogens is 312 g/mol. The van der Waals surface area contributed by atoms with Crippen LogP contribution in [0.3, 0.4) is 0 Å². The predicted molar refractivity (Wildman–Crippen MR) is 88.4 cm³/mol. The van der Waals surface area contributed by atoms with Crippen molar-refractivity contribution in [2.45, 2.75) is 25.7 Å². The van der Waals surface area contributed by atoms with Crippen LogP contribution in [0.2, 0.25) is 0 Å². The van der Waals surface area contributed by atoms with E-state index in [4.69, 9.17) is 4.52 Å². The van der Waals surface area contributed by atoms with E-state index < -0.39 is 4.92 Å². The van der Waals surface area contributed by atoms with Crippen LogP contribution in [-0.2, 0) is 0 Å². The Labute approximate surface area is 139 Å². The minimum atomic E-state index is -0.410. The second-order valence-corrected chi connectivity index (χ2v) is 6.14. The quantitative estimate of drug-likeness (QED) is 0.620. The number of hydrogen-bond donors (Lipinski definition) is 0. The first-order valence-electron chi connectivity index (χ1n) is 7.83. The van der Waals surface area contributed by atoms with Crippen molar-refractivity contribution in [1.29, 1.82) is 0 Å². The minimum Gasteiger partial charge on any atom is -0.356 e. The van der Waals surface area contributed by atoms with Crippen molar-refractivity contribution in [1.82, 2.24) is 15.1 Å². The van der Waals surface area contributed by atoms with Gasteiger partial charge in [-0.15, -0.1) is 0 Å². The molecule has 1 unspecified atom stereocenters. The molecular formula is C15H20N6O3. The van der Waals surface area contributed by atoms with Crippen molar-refractivity contribution in [3.05, 3.63) is 33.8 Å². The van der Waals surface area contributed by atoms with Gasteiger partial charge < -0.3 is 14.3 Å². The van der Waals surface area contributed by atoms with Gasteiger partial charge in [-0.25, -0.2) is 4.98 Å². The van der Waals surface area contributed by atoms with Crippen LogP contribution in [0.1, 0.15) is 30.3 Å². The lowest BCUT2D eigenvalue weighted by atomic mass is 9.98. The number of aryl methyl sites for hydroxylation is 1. The topological polar surface area (TPSA) is 101 Å². The lowest BCUT2D eigenvalue weighted by molar-refractivity contribution is -0.385. The monoisotopic (exact) mass is 332 g/mol. The van der Waals surface area contributed by atoms with Crippen molar-refractivity contribution in [2.24, 2.45) is 0 Å². The molecule has 0 aliphatic carbocycles. The second-order valence-electron chi connectivity index (χ2n) is 6.14. The summed E-state index contributed by atoms with van der Waals surface area (Å²) in [7, 11) is 3.73. The Morgan fingerprint density at radius 2 is 2.17 bits per heavy atom. The summed E-state index contributed by atoms with van der Waals surface area (Å²) < 4.78 is 5.38. The molecule has 3 rings (SSSR count). The van der Waals surface area contributed by atoms with Crippen LogP contribution in [0.4, 0.5) is 17.5 Å². The highest BCUT2D eigenvalue weighted by Gasteiger charge is 2.27. The third kappa shape index (κ3) is 3.15. The fourth-order valence-electron chi connectivity index (χ4n) is 2.87. The molecule has 0 N–H and O–H groups in total. The van der Waals surface area contributed by atoms with E-state index in [1.165, 1.54) is 6.07 Å². The van der Waals surface area contributed by atoms with Gasteiger partial charge in [0.05, 0.1) is 10.8 Å². The van der Waals surface area contributed by atoms with E-state index in [1.807, 2.05) is 14.1 Å². The molecule has 1 aliphatic rings. The number of nitrogens with zero attached hydrogens (tertiary/aromatic N) is 6. The third-order valence-electron chi connectivity index (χ3n) is 4.17. The summed E-state index contributed by atoms with van der Waals surface area (Å²) in [6.07, 6.45) is 1.94. The predicted octanol–water partition coefficient (Wildman–Crippen LogP) is 2.13. The zero-order valence-corrected chi connectivity index (χ0v) is 14.0. The molecule has 0 saturated carbocycles. The molecule has 0 bridgehead atoms. The lowest BCUT2D eigenvalue weighted by Gasteiger charge is -2.32.